The normalized spacial score (nSPS) is 12.0. The van der Waals surface area contributed by atoms with Crippen molar-refractivity contribution in [1.29, 1.82) is 0 Å². The van der Waals surface area contributed by atoms with Crippen LogP contribution in [0.4, 0.5) is 0 Å². The molecule has 2 atom stereocenters. The fourth-order valence-corrected chi connectivity index (χ4v) is 11.3. The number of hydrogen-bond acceptors (Lipinski definition) is 12. The minimum atomic E-state index is -0.970. The van der Waals surface area contributed by atoms with Crippen LogP contribution in [0.25, 0.3) is 42.2 Å². The fourth-order valence-electron chi connectivity index (χ4n) is 9.33. The van der Waals surface area contributed by atoms with Crippen LogP contribution in [0.5, 0.6) is 0 Å². The Balaban J connectivity index is 0.000000201. The maximum atomic E-state index is 14.0. The largest absolute Gasteiger partial charge is 1.00 e. The molecule has 6 heterocycles. The number of benzene rings is 4. The molecule has 352 valence electrons. The van der Waals surface area contributed by atoms with E-state index < -0.39 is 18.1 Å². The maximum absolute atomic E-state index is 14.0. The van der Waals surface area contributed by atoms with Crippen molar-refractivity contribution in [2.24, 2.45) is 0 Å². The number of imidazole rings is 2. The standard InChI is InChI=1S/C27H26N4O3S.C25H22N4O3S.Li.H2O/c1-4-34-25(32)14-22(19-8-6-5-7-9-19)31-21-10-11-28-15-23(21)30(27(31)33)16-20-26-18(3)12-17(2)13-24(26)35-29-20;1-15-10-16(2)24-18(27-33-22(24)11-15)14-28-21-13-26-9-8-19(21)29(25(28)32)20(12-23(30)31)17-6-4-3-5-7-17;;/h5-13,15,22H,4,14,16H2,1-3H3;3-11,13,20H,12,14H2,1-2H3,(H,30,31);;1H2/q;;+1;/p-1/t22-;20-;;/m11../s1. The van der Waals surface area contributed by atoms with Gasteiger partial charge < -0.3 is 15.3 Å². The number of carbonyl (C=O) groups excluding carboxylic acids is 1. The van der Waals surface area contributed by atoms with Crippen molar-refractivity contribution in [1.82, 2.24) is 37.0 Å². The molecule has 2 N–H and O–H groups in total. The molecule has 0 bridgehead atoms. The van der Waals surface area contributed by atoms with E-state index in [0.717, 1.165) is 59.3 Å². The first-order valence-electron chi connectivity index (χ1n) is 22.2. The Bertz CT molecular complexity index is 3620. The van der Waals surface area contributed by atoms with E-state index in [1.54, 1.807) is 56.0 Å². The van der Waals surface area contributed by atoms with Crippen LogP contribution in [0.3, 0.4) is 0 Å². The van der Waals surface area contributed by atoms with Crippen LogP contribution in [0.1, 0.15) is 76.6 Å². The number of rotatable bonds is 13. The summed E-state index contributed by atoms with van der Waals surface area (Å²) in [6.07, 6.45) is 6.49. The molecule has 0 aliphatic heterocycles. The van der Waals surface area contributed by atoms with Gasteiger partial charge in [0.25, 0.3) is 0 Å². The molecule has 0 saturated heterocycles. The molecule has 0 unspecified atom stereocenters. The molecule has 4 aromatic carbocycles. The maximum Gasteiger partial charge on any atom is 1.00 e. The Labute approximate surface area is 422 Å². The molecule has 6 aromatic heterocycles. The second-order valence-electron chi connectivity index (χ2n) is 16.8. The Hall–Kier alpha value is -7.00. The van der Waals surface area contributed by atoms with Gasteiger partial charge >= 0.3 is 42.2 Å². The van der Waals surface area contributed by atoms with Gasteiger partial charge in [0.15, 0.2) is 0 Å². The Morgan fingerprint density at radius 2 is 1.06 bits per heavy atom. The second kappa shape index (κ2) is 21.7. The minimum absolute atomic E-state index is 0. The minimum Gasteiger partial charge on any atom is -0.870 e. The first kappa shape index (κ1) is 50.9. The Kier molecular flexibility index (Phi) is 15.8. The van der Waals surface area contributed by atoms with E-state index in [4.69, 9.17) is 9.11 Å². The summed E-state index contributed by atoms with van der Waals surface area (Å²) in [7, 11) is 0. The van der Waals surface area contributed by atoms with Crippen LogP contribution in [0, 0.1) is 27.7 Å². The van der Waals surface area contributed by atoms with Gasteiger partial charge in [0, 0.05) is 23.2 Å². The third-order valence-electron chi connectivity index (χ3n) is 12.1. The van der Waals surface area contributed by atoms with E-state index in [0.29, 0.717) is 23.1 Å². The van der Waals surface area contributed by atoms with Crippen LogP contribution < -0.4 is 30.2 Å². The molecule has 18 heteroatoms. The van der Waals surface area contributed by atoms with Gasteiger partial charge in [-0.1, -0.05) is 72.8 Å². The van der Waals surface area contributed by atoms with E-state index in [1.807, 2.05) is 66.7 Å². The van der Waals surface area contributed by atoms with Crippen molar-refractivity contribution < 1.29 is 43.8 Å². The summed E-state index contributed by atoms with van der Waals surface area (Å²) >= 11 is 2.87. The summed E-state index contributed by atoms with van der Waals surface area (Å²) in [6.45, 7) is 10.9. The van der Waals surface area contributed by atoms with Crippen molar-refractivity contribution in [3.05, 3.63) is 188 Å². The molecular formula is C52H49LiN8O7S2. The van der Waals surface area contributed by atoms with Crippen LogP contribution >= 0.6 is 23.1 Å². The molecule has 0 aliphatic carbocycles. The number of aliphatic carboxylic acids is 1. The van der Waals surface area contributed by atoms with E-state index in [9.17, 15) is 24.3 Å². The number of carboxylic acids is 1. The second-order valence-corrected chi connectivity index (χ2v) is 18.4. The Morgan fingerprint density at radius 1 is 0.629 bits per heavy atom. The quantitative estimate of drug-likeness (QED) is 0.0994. The van der Waals surface area contributed by atoms with Gasteiger partial charge in [-0.15, -0.1) is 0 Å². The van der Waals surface area contributed by atoms with Crippen molar-refractivity contribution in [3.63, 3.8) is 0 Å². The number of pyridine rings is 2. The number of hydrogen-bond donors (Lipinski definition) is 1. The summed E-state index contributed by atoms with van der Waals surface area (Å²) in [5.41, 5.74) is 10.2. The number of aryl methyl sites for hydroxylation is 4. The number of carbonyl (C=O) groups is 2. The molecule has 10 rings (SSSR count). The Morgan fingerprint density at radius 3 is 1.47 bits per heavy atom. The zero-order valence-corrected chi connectivity index (χ0v) is 41.2. The molecule has 0 spiro atoms. The van der Waals surface area contributed by atoms with E-state index in [2.05, 4.69) is 66.3 Å². The first-order chi connectivity index (χ1) is 32.9. The predicted octanol–water partition coefficient (Wildman–Crippen LogP) is 6.38. The van der Waals surface area contributed by atoms with Gasteiger partial charge in [0.1, 0.15) is 0 Å². The molecule has 15 nitrogen and oxygen atoms in total. The van der Waals surface area contributed by atoms with Gasteiger partial charge in [0.2, 0.25) is 0 Å². The predicted molar refractivity (Wildman–Crippen MR) is 269 cm³/mol. The van der Waals surface area contributed by atoms with Gasteiger partial charge in [0.05, 0.1) is 99.9 Å². The zero-order chi connectivity index (χ0) is 47.6. The average Bonchev–Trinajstić information content (AvgIpc) is 4.07. The smallest absolute Gasteiger partial charge is 0.870 e. The number of nitrogens with zero attached hydrogens (tertiary/aromatic N) is 8. The number of aromatic nitrogens is 8. The van der Waals surface area contributed by atoms with Crippen molar-refractivity contribution >= 4 is 77.2 Å². The molecule has 10 aromatic rings. The monoisotopic (exact) mass is 968 g/mol. The first-order valence-corrected chi connectivity index (χ1v) is 23.7. The van der Waals surface area contributed by atoms with Crippen molar-refractivity contribution in [3.8, 4) is 0 Å². The molecule has 0 radical (unpaired) electrons. The van der Waals surface area contributed by atoms with E-state index in [-0.39, 0.29) is 67.7 Å². The third-order valence-corrected chi connectivity index (χ3v) is 13.8. The zero-order valence-electron chi connectivity index (χ0n) is 39.6. The molecule has 0 fully saturated rings. The van der Waals surface area contributed by atoms with Crippen molar-refractivity contribution in [2.75, 3.05) is 6.61 Å². The van der Waals surface area contributed by atoms with Crippen LogP contribution in [-0.4, -0.2) is 66.1 Å². The molecule has 70 heavy (non-hydrogen) atoms. The summed E-state index contributed by atoms with van der Waals surface area (Å²) in [4.78, 5) is 60.5. The topological polar surface area (TPSA) is 199 Å². The number of fused-ring (bicyclic) bond motifs is 4. The van der Waals surface area contributed by atoms with Crippen LogP contribution in [-0.2, 0) is 27.4 Å². The summed E-state index contributed by atoms with van der Waals surface area (Å²) < 4.78 is 23.4. The van der Waals surface area contributed by atoms with Gasteiger partial charge in [-0.25, -0.2) is 9.59 Å². The van der Waals surface area contributed by atoms with E-state index in [1.165, 1.54) is 34.2 Å². The summed E-state index contributed by atoms with van der Waals surface area (Å²) in [6, 6.07) is 29.8. The number of carboxylic acid groups (broad SMARTS) is 1. The van der Waals surface area contributed by atoms with Gasteiger partial charge in [-0.2, -0.15) is 8.75 Å². The molecule has 0 aliphatic rings. The SMILES string of the molecule is CCOC(=O)C[C@H](c1ccccc1)n1c(=O)n(Cc2nsc3cc(C)cc(C)c23)c2cnccc21.Cc1cc(C)c2c(Cn3c(=O)n([C@H](CC(=O)O)c4ccccc4)c4ccncc43)nsc2c1.[Li+].[OH-]. The third kappa shape index (κ3) is 10.0. The molecule has 0 amide bonds. The van der Waals surface area contributed by atoms with Crippen LogP contribution in [0.15, 0.2) is 131 Å². The summed E-state index contributed by atoms with van der Waals surface area (Å²) in [5, 5.41) is 11.8. The van der Waals surface area contributed by atoms with Crippen molar-refractivity contribution in [2.45, 2.75) is 72.6 Å². The van der Waals surface area contributed by atoms with Gasteiger partial charge in [-0.3, -0.25) is 37.8 Å². The molecule has 0 saturated carbocycles. The van der Waals surface area contributed by atoms with Gasteiger partial charge in [-0.05, 0) is 115 Å². The fraction of sp³-hybridized carbons (Fsp3) is 0.231. The average molecular weight is 969 g/mol. The number of esters is 1. The summed E-state index contributed by atoms with van der Waals surface area (Å²) in [5.74, 6) is -1.32. The van der Waals surface area contributed by atoms with Crippen LogP contribution in [0.2, 0.25) is 0 Å². The number of ether oxygens (including phenoxy) is 1. The molecular weight excluding hydrogens is 920 g/mol. The van der Waals surface area contributed by atoms with E-state index >= 15 is 0 Å².